The van der Waals surface area contributed by atoms with Gasteiger partial charge in [0.25, 0.3) is 0 Å². The summed E-state index contributed by atoms with van der Waals surface area (Å²) < 4.78 is 2.08. The molecule has 0 aliphatic carbocycles. The molecule has 2 N–H and O–H groups in total. The van der Waals surface area contributed by atoms with Gasteiger partial charge in [-0.1, -0.05) is 0 Å². The maximum absolute atomic E-state index is 5.43. The van der Waals surface area contributed by atoms with E-state index in [0.29, 0.717) is 0 Å². The molecule has 0 saturated heterocycles. The summed E-state index contributed by atoms with van der Waals surface area (Å²) in [6.45, 7) is 3.90. The molecule has 0 bridgehead atoms. The average Bonchev–Trinajstić information content (AvgIpc) is 2.64. The average molecular weight is 182 g/mol. The van der Waals surface area contributed by atoms with E-state index in [0.717, 1.165) is 32.6 Å². The number of hydrogen-bond acceptors (Lipinski definition) is 3. The number of aromatic nitrogens is 2. The van der Waals surface area contributed by atoms with Crippen LogP contribution in [0.3, 0.4) is 0 Å². The van der Waals surface area contributed by atoms with Crippen molar-refractivity contribution in [3.63, 3.8) is 0 Å². The summed E-state index contributed by atoms with van der Waals surface area (Å²) in [6, 6.07) is 0. The fourth-order valence-electron chi connectivity index (χ4n) is 1.18. The van der Waals surface area contributed by atoms with Crippen LogP contribution in [-0.2, 0) is 6.54 Å². The summed E-state index contributed by atoms with van der Waals surface area (Å²) in [5.41, 5.74) is 5.43. The summed E-state index contributed by atoms with van der Waals surface area (Å²) in [7, 11) is 2.12. The molecule has 0 fully saturated rings. The largest absolute Gasteiger partial charge is 0.336 e. The Kier molecular flexibility index (Phi) is 4.49. The zero-order valence-electron chi connectivity index (χ0n) is 8.19. The molecule has 0 unspecified atom stereocenters. The molecule has 0 atom stereocenters. The first-order valence-corrected chi connectivity index (χ1v) is 4.67. The van der Waals surface area contributed by atoms with E-state index >= 15 is 0 Å². The predicted octanol–water partition coefficient (Wildman–Crippen LogP) is 0.164. The van der Waals surface area contributed by atoms with Gasteiger partial charge in [-0.05, 0) is 26.6 Å². The monoisotopic (exact) mass is 182 g/mol. The number of nitrogens with zero attached hydrogens (tertiary/aromatic N) is 3. The zero-order chi connectivity index (χ0) is 9.52. The minimum absolute atomic E-state index is 0.773. The van der Waals surface area contributed by atoms with Gasteiger partial charge in [-0.25, -0.2) is 4.98 Å². The lowest BCUT2D eigenvalue weighted by molar-refractivity contribution is 0.316. The van der Waals surface area contributed by atoms with E-state index in [2.05, 4.69) is 21.5 Å². The van der Waals surface area contributed by atoms with Crippen molar-refractivity contribution >= 4 is 0 Å². The van der Waals surface area contributed by atoms with E-state index in [1.165, 1.54) is 0 Å². The Labute approximate surface area is 79.4 Å². The highest BCUT2D eigenvalue weighted by Gasteiger charge is 1.97. The van der Waals surface area contributed by atoms with Crippen molar-refractivity contribution in [2.24, 2.45) is 5.73 Å². The minimum Gasteiger partial charge on any atom is -0.336 e. The van der Waals surface area contributed by atoms with E-state index in [1.54, 1.807) is 6.20 Å². The highest BCUT2D eigenvalue weighted by atomic mass is 15.1. The van der Waals surface area contributed by atoms with E-state index in [1.807, 2.05) is 12.5 Å². The van der Waals surface area contributed by atoms with Crippen LogP contribution >= 0.6 is 0 Å². The topological polar surface area (TPSA) is 47.1 Å². The molecule has 0 aliphatic heterocycles. The molecule has 0 aromatic carbocycles. The molecule has 0 saturated carbocycles. The SMILES string of the molecule is CN(CCCN)CCn1ccnc1. The van der Waals surface area contributed by atoms with Gasteiger partial charge in [0, 0.05) is 25.5 Å². The van der Waals surface area contributed by atoms with Gasteiger partial charge in [0.15, 0.2) is 0 Å². The zero-order valence-corrected chi connectivity index (χ0v) is 8.19. The lowest BCUT2D eigenvalue weighted by Crippen LogP contribution is -2.25. The van der Waals surface area contributed by atoms with E-state index in [9.17, 15) is 0 Å². The van der Waals surface area contributed by atoms with Crippen LogP contribution in [0.2, 0.25) is 0 Å². The Morgan fingerprint density at radius 3 is 2.92 bits per heavy atom. The van der Waals surface area contributed by atoms with E-state index in [-0.39, 0.29) is 0 Å². The summed E-state index contributed by atoms with van der Waals surface area (Å²) in [4.78, 5) is 6.27. The second-order valence-corrected chi connectivity index (χ2v) is 3.25. The Bertz CT molecular complexity index is 207. The second kappa shape index (κ2) is 5.72. The number of hydrogen-bond donors (Lipinski definition) is 1. The third-order valence-corrected chi connectivity index (χ3v) is 2.04. The number of rotatable bonds is 6. The molecular formula is C9H18N4. The number of imidazole rings is 1. The lowest BCUT2D eigenvalue weighted by atomic mass is 10.4. The summed E-state index contributed by atoms with van der Waals surface area (Å²) in [5, 5.41) is 0. The predicted molar refractivity (Wildman–Crippen MR) is 53.4 cm³/mol. The maximum Gasteiger partial charge on any atom is 0.0946 e. The maximum atomic E-state index is 5.43. The molecule has 1 heterocycles. The van der Waals surface area contributed by atoms with Crippen LogP contribution in [0.4, 0.5) is 0 Å². The minimum atomic E-state index is 0.773. The molecule has 0 spiro atoms. The normalized spacial score (nSPS) is 11.0. The molecule has 0 radical (unpaired) electrons. The Morgan fingerprint density at radius 2 is 2.31 bits per heavy atom. The van der Waals surface area contributed by atoms with Crippen LogP contribution in [-0.4, -0.2) is 41.1 Å². The molecule has 0 amide bonds. The number of likely N-dealkylation sites (N-methyl/N-ethyl adjacent to an activating group) is 1. The third-order valence-electron chi connectivity index (χ3n) is 2.04. The molecular weight excluding hydrogens is 164 g/mol. The Balaban J connectivity index is 2.11. The second-order valence-electron chi connectivity index (χ2n) is 3.25. The van der Waals surface area contributed by atoms with Gasteiger partial charge in [0.1, 0.15) is 0 Å². The van der Waals surface area contributed by atoms with Crippen molar-refractivity contribution in [1.29, 1.82) is 0 Å². The Hall–Kier alpha value is -0.870. The first-order chi connectivity index (χ1) is 6.33. The van der Waals surface area contributed by atoms with Crippen molar-refractivity contribution in [2.45, 2.75) is 13.0 Å². The van der Waals surface area contributed by atoms with Gasteiger partial charge >= 0.3 is 0 Å². The van der Waals surface area contributed by atoms with Crippen molar-refractivity contribution < 1.29 is 0 Å². The first-order valence-electron chi connectivity index (χ1n) is 4.67. The van der Waals surface area contributed by atoms with Gasteiger partial charge in [0.2, 0.25) is 0 Å². The highest BCUT2D eigenvalue weighted by molar-refractivity contribution is 4.74. The highest BCUT2D eigenvalue weighted by Crippen LogP contribution is 1.90. The third kappa shape index (κ3) is 4.05. The van der Waals surface area contributed by atoms with Gasteiger partial charge in [-0.15, -0.1) is 0 Å². The van der Waals surface area contributed by atoms with Crippen molar-refractivity contribution in [3.05, 3.63) is 18.7 Å². The summed E-state index contributed by atoms with van der Waals surface area (Å²) in [5.74, 6) is 0. The molecule has 4 heteroatoms. The Morgan fingerprint density at radius 1 is 1.46 bits per heavy atom. The molecule has 1 rings (SSSR count). The number of nitrogens with two attached hydrogens (primary N) is 1. The van der Waals surface area contributed by atoms with Crippen LogP contribution in [0.25, 0.3) is 0 Å². The smallest absolute Gasteiger partial charge is 0.0946 e. The van der Waals surface area contributed by atoms with Crippen LogP contribution in [0.1, 0.15) is 6.42 Å². The van der Waals surface area contributed by atoms with E-state index < -0.39 is 0 Å². The molecule has 1 aromatic heterocycles. The summed E-state index contributed by atoms with van der Waals surface area (Å²) >= 11 is 0. The fourth-order valence-corrected chi connectivity index (χ4v) is 1.18. The van der Waals surface area contributed by atoms with Crippen molar-refractivity contribution in [1.82, 2.24) is 14.5 Å². The van der Waals surface area contributed by atoms with Gasteiger partial charge in [0.05, 0.1) is 6.33 Å². The lowest BCUT2D eigenvalue weighted by Gasteiger charge is -2.15. The van der Waals surface area contributed by atoms with Gasteiger partial charge in [-0.3, -0.25) is 0 Å². The van der Waals surface area contributed by atoms with E-state index in [4.69, 9.17) is 5.73 Å². The molecule has 1 aromatic rings. The fraction of sp³-hybridized carbons (Fsp3) is 0.667. The first kappa shape index (κ1) is 10.2. The molecule has 13 heavy (non-hydrogen) atoms. The van der Waals surface area contributed by atoms with Gasteiger partial charge < -0.3 is 15.2 Å². The van der Waals surface area contributed by atoms with Crippen LogP contribution < -0.4 is 5.73 Å². The van der Waals surface area contributed by atoms with Crippen LogP contribution in [0.5, 0.6) is 0 Å². The van der Waals surface area contributed by atoms with Crippen molar-refractivity contribution in [3.8, 4) is 0 Å². The standard InChI is InChI=1S/C9H18N4/c1-12(5-2-3-10)7-8-13-6-4-11-9-13/h4,6,9H,2-3,5,7-8,10H2,1H3. The molecule has 0 aliphatic rings. The van der Waals surface area contributed by atoms with Crippen molar-refractivity contribution in [2.75, 3.05) is 26.7 Å². The van der Waals surface area contributed by atoms with Crippen LogP contribution in [0, 0.1) is 0 Å². The summed E-state index contributed by atoms with van der Waals surface area (Å²) in [6.07, 6.45) is 6.70. The molecule has 74 valence electrons. The molecule has 4 nitrogen and oxygen atoms in total. The van der Waals surface area contributed by atoms with Crippen LogP contribution in [0.15, 0.2) is 18.7 Å². The quantitative estimate of drug-likeness (QED) is 0.682. The van der Waals surface area contributed by atoms with Gasteiger partial charge in [-0.2, -0.15) is 0 Å².